The van der Waals surface area contributed by atoms with Gasteiger partial charge in [0.1, 0.15) is 5.82 Å². The number of benzene rings is 1. The van der Waals surface area contributed by atoms with Crippen LogP contribution >= 0.6 is 0 Å². The van der Waals surface area contributed by atoms with Crippen LogP contribution in [-0.2, 0) is 22.4 Å². The van der Waals surface area contributed by atoms with Crippen LogP contribution in [-0.4, -0.2) is 61.1 Å². The van der Waals surface area contributed by atoms with E-state index < -0.39 is 0 Å². The molecule has 1 saturated heterocycles. The summed E-state index contributed by atoms with van der Waals surface area (Å²) < 4.78 is 5.02. The number of hydrogen-bond donors (Lipinski definition) is 1. The van der Waals surface area contributed by atoms with Crippen LogP contribution in [0.25, 0.3) is 0 Å². The Morgan fingerprint density at radius 2 is 1.91 bits per heavy atom. The predicted molar refractivity (Wildman–Crippen MR) is 125 cm³/mol. The Balaban J connectivity index is 1.23. The fourth-order valence-electron chi connectivity index (χ4n) is 4.46. The maximum absolute atomic E-state index is 12.5. The number of pyridine rings is 1. The molecule has 0 saturated carbocycles. The third-order valence-corrected chi connectivity index (χ3v) is 6.21. The van der Waals surface area contributed by atoms with Gasteiger partial charge in [-0.05, 0) is 74.5 Å². The van der Waals surface area contributed by atoms with Gasteiger partial charge in [0.2, 0.25) is 5.91 Å². The van der Waals surface area contributed by atoms with Gasteiger partial charge in [-0.25, -0.2) is 9.78 Å². The molecule has 2 aliphatic rings. The smallest absolute Gasteiger partial charge is 0.339 e. The van der Waals surface area contributed by atoms with Crippen molar-refractivity contribution in [2.24, 2.45) is 0 Å². The highest BCUT2D eigenvalue weighted by Crippen LogP contribution is 2.25. The average molecular weight is 437 g/mol. The number of anilines is 2. The first-order valence-electron chi connectivity index (χ1n) is 11.6. The van der Waals surface area contributed by atoms with Crippen molar-refractivity contribution in [3.63, 3.8) is 0 Å². The fourth-order valence-corrected chi connectivity index (χ4v) is 4.46. The molecular weight excluding hydrogens is 404 g/mol. The number of ether oxygens (including phenoxy) is 1. The number of nitrogens with zero attached hydrogens (tertiary/aromatic N) is 3. The Morgan fingerprint density at radius 3 is 2.72 bits per heavy atom. The number of amides is 1. The van der Waals surface area contributed by atoms with E-state index in [4.69, 9.17) is 4.74 Å². The average Bonchev–Trinajstić information content (AvgIpc) is 3.14. The van der Waals surface area contributed by atoms with E-state index in [2.05, 4.69) is 32.2 Å². The van der Waals surface area contributed by atoms with Crippen LogP contribution in [0.2, 0.25) is 0 Å². The first-order chi connectivity index (χ1) is 15.6. The lowest BCUT2D eigenvalue weighted by atomic mass is 10.1. The molecule has 4 rings (SSSR count). The van der Waals surface area contributed by atoms with Crippen LogP contribution in [0.1, 0.15) is 47.7 Å². The van der Waals surface area contributed by atoms with Crippen LogP contribution in [0.4, 0.5) is 11.5 Å². The summed E-state index contributed by atoms with van der Waals surface area (Å²) in [6.07, 6.45) is 6.56. The number of nitrogens with one attached hydrogen (secondary N) is 1. The number of carbonyl (C=O) groups is 2. The van der Waals surface area contributed by atoms with Crippen molar-refractivity contribution in [1.82, 2.24) is 9.88 Å². The van der Waals surface area contributed by atoms with Crippen molar-refractivity contribution in [2.45, 2.75) is 39.0 Å². The van der Waals surface area contributed by atoms with Crippen LogP contribution in [0.5, 0.6) is 0 Å². The van der Waals surface area contributed by atoms with E-state index in [1.807, 2.05) is 12.1 Å². The van der Waals surface area contributed by atoms with Crippen molar-refractivity contribution < 1.29 is 14.3 Å². The molecule has 1 aromatic carbocycles. The molecule has 0 radical (unpaired) electrons. The zero-order valence-electron chi connectivity index (χ0n) is 18.8. The molecule has 1 N–H and O–H groups in total. The van der Waals surface area contributed by atoms with Gasteiger partial charge in [-0.15, -0.1) is 0 Å². The third kappa shape index (κ3) is 5.65. The number of aromatic nitrogens is 1. The highest BCUT2D eigenvalue weighted by molar-refractivity contribution is 5.91. The lowest BCUT2D eigenvalue weighted by molar-refractivity contribution is -0.116. The van der Waals surface area contributed by atoms with Gasteiger partial charge in [0.25, 0.3) is 0 Å². The maximum Gasteiger partial charge on any atom is 0.339 e. The Kier molecular flexibility index (Phi) is 7.37. The highest BCUT2D eigenvalue weighted by atomic mass is 16.5. The molecule has 0 spiro atoms. The van der Waals surface area contributed by atoms with Gasteiger partial charge < -0.3 is 19.9 Å². The summed E-state index contributed by atoms with van der Waals surface area (Å²) >= 11 is 0. The Hall–Kier alpha value is -2.93. The summed E-state index contributed by atoms with van der Waals surface area (Å²) in [5.74, 6) is 0.598. The van der Waals surface area contributed by atoms with Gasteiger partial charge in [0.05, 0.1) is 12.2 Å². The molecule has 1 fully saturated rings. The summed E-state index contributed by atoms with van der Waals surface area (Å²) in [6.45, 7) is 6.49. The molecule has 2 aromatic rings. The standard InChI is InChI=1S/C25H32N4O3/c1-2-32-25(31)21-8-10-23(26-18-21)29-13-4-12-28(15-16-29)14-11-24(30)27-22-9-7-19-5-3-6-20(19)17-22/h7-10,17-18H,2-6,11-16H2,1H3,(H,27,30). The van der Waals surface area contributed by atoms with E-state index in [1.54, 1.807) is 19.2 Å². The van der Waals surface area contributed by atoms with Crippen molar-refractivity contribution >= 4 is 23.4 Å². The maximum atomic E-state index is 12.5. The van der Waals surface area contributed by atoms with E-state index in [0.717, 1.165) is 63.5 Å². The summed E-state index contributed by atoms with van der Waals surface area (Å²) in [5, 5.41) is 3.06. The van der Waals surface area contributed by atoms with Crippen LogP contribution in [0, 0.1) is 0 Å². The first kappa shape index (κ1) is 22.3. The molecular formula is C25H32N4O3. The number of rotatable bonds is 7. The second-order valence-corrected chi connectivity index (χ2v) is 8.44. The number of fused-ring (bicyclic) bond motifs is 1. The quantitative estimate of drug-likeness (QED) is 0.672. The largest absolute Gasteiger partial charge is 0.462 e. The molecule has 1 amide bonds. The highest BCUT2D eigenvalue weighted by Gasteiger charge is 2.18. The van der Waals surface area contributed by atoms with Crippen molar-refractivity contribution in [3.05, 3.63) is 53.2 Å². The van der Waals surface area contributed by atoms with Gasteiger partial charge in [0, 0.05) is 44.5 Å². The molecule has 170 valence electrons. The normalized spacial score (nSPS) is 16.3. The molecule has 7 nitrogen and oxygen atoms in total. The molecule has 32 heavy (non-hydrogen) atoms. The number of aryl methyl sites for hydroxylation is 2. The topological polar surface area (TPSA) is 74.8 Å². The zero-order chi connectivity index (χ0) is 22.3. The molecule has 1 aliphatic carbocycles. The van der Waals surface area contributed by atoms with Crippen LogP contribution in [0.3, 0.4) is 0 Å². The van der Waals surface area contributed by atoms with Gasteiger partial charge in [-0.2, -0.15) is 0 Å². The zero-order valence-corrected chi connectivity index (χ0v) is 18.8. The molecule has 1 aliphatic heterocycles. The van der Waals surface area contributed by atoms with Crippen LogP contribution < -0.4 is 10.2 Å². The van der Waals surface area contributed by atoms with Gasteiger partial charge in [-0.1, -0.05) is 6.07 Å². The summed E-state index contributed by atoms with van der Waals surface area (Å²) in [6, 6.07) is 9.95. The molecule has 1 aromatic heterocycles. The predicted octanol–water partition coefficient (Wildman–Crippen LogP) is 3.29. The lowest BCUT2D eigenvalue weighted by Gasteiger charge is -2.22. The van der Waals surface area contributed by atoms with Gasteiger partial charge in [-0.3, -0.25) is 4.79 Å². The first-order valence-corrected chi connectivity index (χ1v) is 11.6. The number of hydrogen-bond acceptors (Lipinski definition) is 6. The molecule has 2 heterocycles. The Bertz CT molecular complexity index is 945. The Labute approximate surface area is 189 Å². The van der Waals surface area contributed by atoms with E-state index in [0.29, 0.717) is 18.6 Å². The van der Waals surface area contributed by atoms with Gasteiger partial charge >= 0.3 is 5.97 Å². The van der Waals surface area contributed by atoms with E-state index in [-0.39, 0.29) is 11.9 Å². The summed E-state index contributed by atoms with van der Waals surface area (Å²) in [4.78, 5) is 33.3. The minimum atomic E-state index is -0.341. The minimum absolute atomic E-state index is 0.0697. The SMILES string of the molecule is CCOC(=O)c1ccc(N2CCCN(CCC(=O)Nc3ccc4c(c3)CCC4)CC2)nc1. The second-order valence-electron chi connectivity index (χ2n) is 8.44. The van der Waals surface area contributed by atoms with E-state index in [9.17, 15) is 9.59 Å². The van der Waals surface area contributed by atoms with E-state index >= 15 is 0 Å². The van der Waals surface area contributed by atoms with Crippen LogP contribution in [0.15, 0.2) is 36.5 Å². The van der Waals surface area contributed by atoms with Crippen molar-refractivity contribution in [3.8, 4) is 0 Å². The molecule has 0 bridgehead atoms. The minimum Gasteiger partial charge on any atom is -0.462 e. The van der Waals surface area contributed by atoms with E-state index in [1.165, 1.54) is 17.5 Å². The fraction of sp³-hybridized carbons (Fsp3) is 0.480. The number of carbonyl (C=O) groups excluding carboxylic acids is 2. The second kappa shape index (κ2) is 10.6. The van der Waals surface area contributed by atoms with Crippen molar-refractivity contribution in [1.29, 1.82) is 0 Å². The molecule has 0 unspecified atom stereocenters. The summed E-state index contributed by atoms with van der Waals surface area (Å²) in [5.41, 5.74) is 4.18. The lowest BCUT2D eigenvalue weighted by Crippen LogP contribution is -2.33. The number of esters is 1. The summed E-state index contributed by atoms with van der Waals surface area (Å²) in [7, 11) is 0. The molecule has 7 heteroatoms. The third-order valence-electron chi connectivity index (χ3n) is 6.21. The Morgan fingerprint density at radius 1 is 1.03 bits per heavy atom. The van der Waals surface area contributed by atoms with Gasteiger partial charge in [0.15, 0.2) is 0 Å². The molecule has 0 atom stereocenters. The van der Waals surface area contributed by atoms with Crippen molar-refractivity contribution in [2.75, 3.05) is 49.5 Å². The monoisotopic (exact) mass is 436 g/mol.